The van der Waals surface area contributed by atoms with Crippen LogP contribution < -0.4 is 14.2 Å². The number of esters is 1. The normalized spacial score (nSPS) is 13.4. The third-order valence-corrected chi connectivity index (χ3v) is 7.85. The summed E-state index contributed by atoms with van der Waals surface area (Å²) in [6.07, 6.45) is -3.05. The summed E-state index contributed by atoms with van der Waals surface area (Å²) in [4.78, 5) is 25.2. The molecular formula is C40H27F3N4O4. The Kier molecular flexibility index (Phi) is 9.30. The highest BCUT2D eigenvalue weighted by Gasteiger charge is 2.32. The Hall–Kier alpha value is -6.85. The van der Waals surface area contributed by atoms with E-state index in [0.29, 0.717) is 39.8 Å². The summed E-state index contributed by atoms with van der Waals surface area (Å²) in [6, 6.07) is 26.3. The van der Waals surface area contributed by atoms with Crippen molar-refractivity contribution in [3.05, 3.63) is 165 Å². The van der Waals surface area contributed by atoms with Gasteiger partial charge in [0.15, 0.2) is 11.6 Å². The minimum atomic E-state index is -4.56. The molecule has 0 saturated heterocycles. The van der Waals surface area contributed by atoms with Crippen LogP contribution in [-0.2, 0) is 11.0 Å². The Morgan fingerprint density at radius 1 is 0.843 bits per heavy atom. The summed E-state index contributed by atoms with van der Waals surface area (Å²) >= 11 is 0. The van der Waals surface area contributed by atoms with Gasteiger partial charge in [-0.05, 0) is 110 Å². The first kappa shape index (κ1) is 34.0. The SMILES string of the molecule is [C-]#[N+]c1ccc(Oc2ccc(/C(=C3/C=C(C(=O)Oc4ccc(C(F)(F)F)cc4)C(Oc4ccc(C#N)cc4)=N3)c3c(C)cc(C)cc3C)[nH]2)cc1. The molecule has 0 saturated carbocycles. The van der Waals surface area contributed by atoms with E-state index in [1.54, 1.807) is 54.6 Å². The number of carbonyl (C=O) groups is 1. The number of carbonyl (C=O) groups excluding carboxylic acids is 1. The lowest BCUT2D eigenvalue weighted by molar-refractivity contribution is -0.137. The molecule has 5 aromatic rings. The van der Waals surface area contributed by atoms with Crippen molar-refractivity contribution in [1.29, 1.82) is 5.26 Å². The molecule has 51 heavy (non-hydrogen) atoms. The van der Waals surface area contributed by atoms with Gasteiger partial charge in [0, 0.05) is 11.6 Å². The molecule has 0 bridgehead atoms. The van der Waals surface area contributed by atoms with Crippen LogP contribution in [0.25, 0.3) is 10.4 Å². The van der Waals surface area contributed by atoms with E-state index in [4.69, 9.17) is 25.8 Å². The lowest BCUT2D eigenvalue weighted by Gasteiger charge is -2.16. The summed E-state index contributed by atoms with van der Waals surface area (Å²) in [6.45, 7) is 13.1. The maximum absolute atomic E-state index is 13.7. The maximum atomic E-state index is 13.7. The second-order valence-electron chi connectivity index (χ2n) is 11.6. The highest BCUT2D eigenvalue weighted by Crippen LogP contribution is 2.38. The zero-order valence-corrected chi connectivity index (χ0v) is 27.4. The molecule has 0 aliphatic carbocycles. The molecule has 0 atom stereocenters. The molecule has 0 spiro atoms. The third kappa shape index (κ3) is 7.58. The van der Waals surface area contributed by atoms with Crippen LogP contribution in [0.4, 0.5) is 18.9 Å². The zero-order valence-electron chi connectivity index (χ0n) is 27.4. The number of aliphatic imine (C=N–C) groups is 1. The van der Waals surface area contributed by atoms with Crippen LogP contribution in [0.1, 0.15) is 39.1 Å². The fourth-order valence-corrected chi connectivity index (χ4v) is 5.61. The van der Waals surface area contributed by atoms with Crippen molar-refractivity contribution in [2.24, 2.45) is 4.99 Å². The number of aromatic nitrogens is 1. The lowest BCUT2D eigenvalue weighted by atomic mass is 9.90. The van der Waals surface area contributed by atoms with Gasteiger partial charge in [0.1, 0.15) is 22.8 Å². The number of hydrogen-bond acceptors (Lipinski definition) is 6. The Bertz CT molecular complexity index is 2300. The Morgan fingerprint density at radius 2 is 1.45 bits per heavy atom. The number of rotatable bonds is 7. The number of halogens is 3. The van der Waals surface area contributed by atoms with Gasteiger partial charge in [-0.25, -0.2) is 14.6 Å². The van der Waals surface area contributed by atoms with Crippen molar-refractivity contribution < 1.29 is 32.2 Å². The second kappa shape index (κ2) is 13.9. The van der Waals surface area contributed by atoms with Gasteiger partial charge in [-0.3, -0.25) is 0 Å². The molecule has 4 aromatic carbocycles. The minimum Gasteiger partial charge on any atom is -0.441 e. The number of nitrogens with zero attached hydrogens (tertiary/aromatic N) is 3. The van der Waals surface area contributed by atoms with Crippen LogP contribution in [-0.4, -0.2) is 16.9 Å². The van der Waals surface area contributed by atoms with E-state index in [9.17, 15) is 23.2 Å². The van der Waals surface area contributed by atoms with Gasteiger partial charge in [0.25, 0.3) is 0 Å². The molecule has 0 amide bonds. The lowest BCUT2D eigenvalue weighted by Crippen LogP contribution is -2.20. The van der Waals surface area contributed by atoms with Crippen molar-refractivity contribution in [2.45, 2.75) is 26.9 Å². The van der Waals surface area contributed by atoms with Crippen molar-refractivity contribution >= 4 is 23.1 Å². The summed E-state index contributed by atoms with van der Waals surface area (Å²) in [5.41, 5.74) is 5.19. The molecule has 0 radical (unpaired) electrons. The average Bonchev–Trinajstić information content (AvgIpc) is 3.74. The van der Waals surface area contributed by atoms with E-state index in [1.165, 1.54) is 6.08 Å². The number of H-pyrrole nitrogens is 1. The fourth-order valence-electron chi connectivity index (χ4n) is 5.61. The summed E-state index contributed by atoms with van der Waals surface area (Å²) in [5, 5.41) is 9.23. The van der Waals surface area contributed by atoms with Gasteiger partial charge in [0.05, 0.1) is 35.2 Å². The molecule has 2 heterocycles. The molecule has 0 unspecified atom stereocenters. The van der Waals surface area contributed by atoms with E-state index in [-0.39, 0.29) is 23.0 Å². The summed E-state index contributed by atoms with van der Waals surface area (Å²) in [7, 11) is 0. The van der Waals surface area contributed by atoms with Crippen LogP contribution >= 0.6 is 0 Å². The number of allylic oxidation sites excluding steroid dienone is 1. The number of nitriles is 1. The van der Waals surface area contributed by atoms with Crippen LogP contribution in [0.2, 0.25) is 0 Å². The van der Waals surface area contributed by atoms with Crippen LogP contribution in [0, 0.1) is 38.7 Å². The molecule has 1 aliphatic heterocycles. The molecule has 8 nitrogen and oxygen atoms in total. The predicted octanol–water partition coefficient (Wildman–Crippen LogP) is 9.96. The van der Waals surface area contributed by atoms with Crippen LogP contribution in [0.3, 0.4) is 0 Å². The molecule has 6 rings (SSSR count). The second-order valence-corrected chi connectivity index (χ2v) is 11.6. The molecule has 1 aromatic heterocycles. The topological polar surface area (TPSA) is 101 Å². The van der Waals surface area contributed by atoms with Gasteiger partial charge in [-0.2, -0.15) is 18.4 Å². The van der Waals surface area contributed by atoms with Gasteiger partial charge in [0.2, 0.25) is 5.90 Å². The van der Waals surface area contributed by atoms with Crippen molar-refractivity contribution in [3.8, 4) is 29.2 Å². The minimum absolute atomic E-state index is 0.0860. The Balaban J connectivity index is 1.46. The highest BCUT2D eigenvalue weighted by molar-refractivity contribution is 6.20. The van der Waals surface area contributed by atoms with E-state index < -0.39 is 17.7 Å². The van der Waals surface area contributed by atoms with Crippen LogP contribution in [0.5, 0.6) is 23.1 Å². The summed E-state index contributed by atoms with van der Waals surface area (Å²) < 4.78 is 57.1. The van der Waals surface area contributed by atoms with E-state index in [1.807, 2.05) is 45.0 Å². The number of ether oxygens (including phenoxy) is 3. The number of hydrogen-bond donors (Lipinski definition) is 1. The maximum Gasteiger partial charge on any atom is 0.416 e. The molecule has 1 N–H and O–H groups in total. The van der Waals surface area contributed by atoms with Crippen molar-refractivity contribution in [3.63, 3.8) is 0 Å². The number of alkyl halides is 3. The first-order valence-corrected chi connectivity index (χ1v) is 15.5. The van der Waals surface area contributed by atoms with Crippen molar-refractivity contribution in [2.75, 3.05) is 0 Å². The first-order valence-electron chi connectivity index (χ1n) is 15.5. The highest BCUT2D eigenvalue weighted by atomic mass is 19.4. The van der Waals surface area contributed by atoms with Crippen molar-refractivity contribution in [1.82, 2.24) is 4.98 Å². The fraction of sp³-hybridized carbons (Fsp3) is 0.100. The van der Waals surface area contributed by atoms with E-state index in [0.717, 1.165) is 46.5 Å². The van der Waals surface area contributed by atoms with E-state index in [2.05, 4.69) is 9.83 Å². The van der Waals surface area contributed by atoms with Gasteiger partial charge < -0.3 is 19.2 Å². The number of aryl methyl sites for hydroxylation is 3. The molecule has 252 valence electrons. The van der Waals surface area contributed by atoms with Gasteiger partial charge in [-0.1, -0.05) is 29.8 Å². The predicted molar refractivity (Wildman–Crippen MR) is 185 cm³/mol. The summed E-state index contributed by atoms with van der Waals surface area (Å²) in [5.74, 6) is 0.0685. The Labute approximate surface area is 291 Å². The monoisotopic (exact) mass is 684 g/mol. The largest absolute Gasteiger partial charge is 0.441 e. The van der Waals surface area contributed by atoms with Gasteiger partial charge in [-0.15, -0.1) is 0 Å². The van der Waals surface area contributed by atoms with E-state index >= 15 is 0 Å². The smallest absolute Gasteiger partial charge is 0.416 e. The molecule has 11 heteroatoms. The zero-order chi connectivity index (χ0) is 36.3. The van der Waals surface area contributed by atoms with Crippen LogP contribution in [0.15, 0.2) is 119 Å². The van der Waals surface area contributed by atoms with Gasteiger partial charge >= 0.3 is 12.1 Å². The first-order chi connectivity index (χ1) is 24.4. The number of benzene rings is 4. The molecular weight excluding hydrogens is 657 g/mol. The number of aromatic amines is 1. The quantitative estimate of drug-likeness (QED) is 0.104. The average molecular weight is 685 g/mol. The molecule has 0 fully saturated rings. The third-order valence-electron chi connectivity index (χ3n) is 7.85. The molecule has 1 aliphatic rings. The standard InChI is InChI=1S/C40H27F3N4O4/c1-23-19-24(2)36(25(3)20-23)37(33-17-18-35(46-33)49-29-15-9-28(45-4)10-16-29)34-21-32(38(47-34)50-30-11-5-26(22-44)6-12-30)39(48)51-31-13-7-27(8-14-31)40(41,42)43/h5-21,46H,1-3H3/b37-34+. The number of nitrogens with one attached hydrogen (secondary N) is 1. The Morgan fingerprint density at radius 3 is 2.06 bits per heavy atom.